The molecule has 1 aromatic rings. The van der Waals surface area contributed by atoms with Gasteiger partial charge in [-0.05, 0) is 36.6 Å². The lowest BCUT2D eigenvalue weighted by Gasteiger charge is -2.22. The molecule has 0 radical (unpaired) electrons. The Balaban J connectivity index is 2.16. The molecule has 1 atom stereocenters. The zero-order valence-corrected chi connectivity index (χ0v) is 13.0. The lowest BCUT2D eigenvalue weighted by atomic mass is 10.1. The summed E-state index contributed by atoms with van der Waals surface area (Å²) in [5.41, 5.74) is 2.82. The summed E-state index contributed by atoms with van der Waals surface area (Å²) in [6, 6.07) is 6.65. The molecule has 0 amide bonds. The highest BCUT2D eigenvalue weighted by Crippen LogP contribution is 2.30. The minimum absolute atomic E-state index is 0.871. The first-order valence-corrected chi connectivity index (χ1v) is 7.78. The third-order valence-corrected chi connectivity index (χ3v) is 4.31. The van der Waals surface area contributed by atoms with Crippen LogP contribution < -0.4 is 10.2 Å². The lowest BCUT2D eigenvalue weighted by molar-refractivity contribution is 0.569. The summed E-state index contributed by atoms with van der Waals surface area (Å²) in [6.07, 6.45) is 2.64. The van der Waals surface area contributed by atoms with Gasteiger partial charge in [-0.15, -0.1) is 0 Å². The average molecular weight is 311 g/mol. The highest BCUT2D eigenvalue weighted by Gasteiger charge is 2.22. The molecule has 1 unspecified atom stereocenters. The van der Waals surface area contributed by atoms with Gasteiger partial charge < -0.3 is 10.2 Å². The maximum absolute atomic E-state index is 3.60. The van der Waals surface area contributed by atoms with Crippen LogP contribution in [0.4, 0.5) is 5.69 Å². The van der Waals surface area contributed by atoms with Gasteiger partial charge in [-0.2, -0.15) is 0 Å². The number of nitrogens with one attached hydrogen (secondary N) is 1. The fourth-order valence-corrected chi connectivity index (χ4v) is 2.97. The van der Waals surface area contributed by atoms with E-state index in [4.69, 9.17) is 0 Å². The lowest BCUT2D eigenvalue weighted by Crippen LogP contribution is -2.23. The molecule has 0 bridgehead atoms. The fourth-order valence-electron chi connectivity index (χ4n) is 2.63. The molecule has 1 heterocycles. The quantitative estimate of drug-likeness (QED) is 0.890. The molecule has 0 spiro atoms. The molecule has 3 heteroatoms. The van der Waals surface area contributed by atoms with E-state index in [2.05, 4.69) is 58.2 Å². The predicted molar refractivity (Wildman–Crippen MR) is 82.1 cm³/mol. The molecule has 1 aliphatic heterocycles. The van der Waals surface area contributed by atoms with Gasteiger partial charge in [0.2, 0.25) is 0 Å². The average Bonchev–Trinajstić information content (AvgIpc) is 2.86. The van der Waals surface area contributed by atoms with Crippen molar-refractivity contribution >= 4 is 21.6 Å². The van der Waals surface area contributed by atoms with Crippen molar-refractivity contribution in [1.29, 1.82) is 0 Å². The van der Waals surface area contributed by atoms with E-state index in [-0.39, 0.29) is 0 Å². The van der Waals surface area contributed by atoms with E-state index in [0.717, 1.165) is 19.0 Å². The van der Waals surface area contributed by atoms with Gasteiger partial charge >= 0.3 is 0 Å². The van der Waals surface area contributed by atoms with E-state index in [1.54, 1.807) is 0 Å². The van der Waals surface area contributed by atoms with Crippen molar-refractivity contribution in [3.05, 3.63) is 28.2 Å². The molecule has 100 valence electrons. The monoisotopic (exact) mass is 310 g/mol. The smallest absolute Gasteiger partial charge is 0.0423 e. The first-order chi connectivity index (χ1) is 8.74. The number of hydrogen-bond acceptors (Lipinski definition) is 2. The number of rotatable bonds is 5. The zero-order chi connectivity index (χ0) is 13.0. The third-order valence-electron chi connectivity index (χ3n) is 3.82. The Labute approximate surface area is 119 Å². The van der Waals surface area contributed by atoms with Gasteiger partial charge in [0.15, 0.2) is 0 Å². The summed E-state index contributed by atoms with van der Waals surface area (Å²) in [6.45, 7) is 8.86. The minimum Gasteiger partial charge on any atom is -0.371 e. The minimum atomic E-state index is 0.871. The van der Waals surface area contributed by atoms with Crippen LogP contribution in [0.25, 0.3) is 0 Å². The highest BCUT2D eigenvalue weighted by molar-refractivity contribution is 9.10. The number of benzene rings is 1. The van der Waals surface area contributed by atoms with Crippen LogP contribution in [-0.2, 0) is 6.54 Å². The van der Waals surface area contributed by atoms with E-state index in [1.807, 2.05) is 0 Å². The summed E-state index contributed by atoms with van der Waals surface area (Å²) in [5.74, 6) is 0.871. The molecular formula is C15H23BrN2. The van der Waals surface area contributed by atoms with E-state index < -0.39 is 0 Å². The van der Waals surface area contributed by atoms with E-state index in [0.29, 0.717) is 0 Å². The largest absolute Gasteiger partial charge is 0.371 e. The van der Waals surface area contributed by atoms with E-state index in [9.17, 15) is 0 Å². The molecule has 1 aromatic carbocycles. The maximum Gasteiger partial charge on any atom is 0.0423 e. The summed E-state index contributed by atoms with van der Waals surface area (Å²) in [4.78, 5) is 2.55. The van der Waals surface area contributed by atoms with Gasteiger partial charge in [0.25, 0.3) is 0 Å². The molecule has 2 nitrogen and oxygen atoms in total. The summed E-state index contributed by atoms with van der Waals surface area (Å²) >= 11 is 3.60. The molecule has 1 N–H and O–H groups in total. The first-order valence-electron chi connectivity index (χ1n) is 6.98. The number of anilines is 1. The highest BCUT2D eigenvalue weighted by atomic mass is 79.9. The standard InChI is InChI=1S/C15H23BrN2/c1-3-12-7-8-18(11-12)15-9-14(16)6-5-13(15)10-17-4-2/h5-6,9,12,17H,3-4,7-8,10-11H2,1-2H3. The van der Waals surface area contributed by atoms with Crippen molar-refractivity contribution in [3.63, 3.8) is 0 Å². The Kier molecular flexibility index (Phi) is 5.07. The SMILES string of the molecule is CCNCc1ccc(Br)cc1N1CCC(CC)C1. The first kappa shape index (κ1) is 13.9. The molecule has 0 saturated carbocycles. The second-order valence-corrected chi connectivity index (χ2v) is 5.98. The number of hydrogen-bond donors (Lipinski definition) is 1. The number of halogens is 1. The second kappa shape index (κ2) is 6.58. The van der Waals surface area contributed by atoms with Crippen molar-refractivity contribution in [2.75, 3.05) is 24.5 Å². The van der Waals surface area contributed by atoms with E-state index >= 15 is 0 Å². The topological polar surface area (TPSA) is 15.3 Å². The third kappa shape index (κ3) is 3.27. The Morgan fingerprint density at radius 3 is 2.89 bits per heavy atom. The number of nitrogens with zero attached hydrogens (tertiary/aromatic N) is 1. The molecule has 1 fully saturated rings. The van der Waals surface area contributed by atoms with E-state index in [1.165, 1.54) is 41.7 Å². The van der Waals surface area contributed by atoms with Crippen molar-refractivity contribution in [2.24, 2.45) is 5.92 Å². The van der Waals surface area contributed by atoms with Gasteiger partial charge in [-0.25, -0.2) is 0 Å². The van der Waals surface area contributed by atoms with Crippen LogP contribution in [0.3, 0.4) is 0 Å². The van der Waals surface area contributed by atoms with Gasteiger partial charge in [0.05, 0.1) is 0 Å². The van der Waals surface area contributed by atoms with Crippen LogP contribution in [0.15, 0.2) is 22.7 Å². The second-order valence-electron chi connectivity index (χ2n) is 5.06. The van der Waals surface area contributed by atoms with Crippen LogP contribution in [0, 0.1) is 5.92 Å². The summed E-state index contributed by atoms with van der Waals surface area (Å²) in [7, 11) is 0. The summed E-state index contributed by atoms with van der Waals surface area (Å²) in [5, 5.41) is 3.43. The molecule has 18 heavy (non-hydrogen) atoms. The molecular weight excluding hydrogens is 288 g/mol. The molecule has 2 rings (SSSR count). The maximum atomic E-state index is 3.60. The van der Waals surface area contributed by atoms with Crippen LogP contribution >= 0.6 is 15.9 Å². The molecule has 0 aliphatic carbocycles. The van der Waals surface area contributed by atoms with Crippen LogP contribution in [0.5, 0.6) is 0 Å². The van der Waals surface area contributed by atoms with Crippen molar-refractivity contribution < 1.29 is 0 Å². The van der Waals surface area contributed by atoms with Crippen molar-refractivity contribution in [2.45, 2.75) is 33.2 Å². The van der Waals surface area contributed by atoms with Crippen molar-refractivity contribution in [1.82, 2.24) is 5.32 Å². The van der Waals surface area contributed by atoms with Crippen LogP contribution in [-0.4, -0.2) is 19.6 Å². The van der Waals surface area contributed by atoms with Gasteiger partial charge in [0.1, 0.15) is 0 Å². The summed E-state index contributed by atoms with van der Waals surface area (Å²) < 4.78 is 1.18. The predicted octanol–water partition coefficient (Wildman–Crippen LogP) is 3.79. The normalized spacial score (nSPS) is 19.5. The molecule has 0 aromatic heterocycles. The fraction of sp³-hybridized carbons (Fsp3) is 0.600. The Bertz CT molecular complexity index is 392. The zero-order valence-electron chi connectivity index (χ0n) is 11.4. The molecule has 1 aliphatic rings. The van der Waals surface area contributed by atoms with Crippen LogP contribution in [0.2, 0.25) is 0 Å². The van der Waals surface area contributed by atoms with Crippen molar-refractivity contribution in [3.8, 4) is 0 Å². The van der Waals surface area contributed by atoms with Gasteiger partial charge in [0, 0.05) is 29.8 Å². The Hall–Kier alpha value is -0.540. The molecule has 1 saturated heterocycles. The Morgan fingerprint density at radius 2 is 2.22 bits per heavy atom. The van der Waals surface area contributed by atoms with Gasteiger partial charge in [-0.3, -0.25) is 0 Å². The van der Waals surface area contributed by atoms with Gasteiger partial charge in [-0.1, -0.05) is 42.3 Å². The van der Waals surface area contributed by atoms with Crippen LogP contribution in [0.1, 0.15) is 32.3 Å². The Morgan fingerprint density at radius 1 is 1.39 bits per heavy atom.